The molecule has 0 radical (unpaired) electrons. The lowest BCUT2D eigenvalue weighted by Crippen LogP contribution is -2.62. The van der Waals surface area contributed by atoms with Crippen LogP contribution >= 0.6 is 11.6 Å². The molecule has 5 nitrogen and oxygen atoms in total. The van der Waals surface area contributed by atoms with Crippen LogP contribution in [0.4, 0.5) is 27.6 Å². The minimum atomic E-state index is -4.88. The number of alkyl halides is 3. The molecule has 2 aromatic carbocycles. The van der Waals surface area contributed by atoms with Gasteiger partial charge in [0.05, 0.1) is 17.8 Å². The number of halogens is 6. The molecule has 1 spiro atoms. The maximum atomic E-state index is 14.7. The van der Waals surface area contributed by atoms with Crippen LogP contribution in [0.3, 0.4) is 0 Å². The molecule has 2 saturated carbocycles. The van der Waals surface area contributed by atoms with Crippen LogP contribution in [0.15, 0.2) is 30.3 Å². The van der Waals surface area contributed by atoms with E-state index in [0.717, 1.165) is 42.3 Å². The molecule has 7 rings (SSSR count). The fourth-order valence-corrected chi connectivity index (χ4v) is 7.61. The van der Waals surface area contributed by atoms with Gasteiger partial charge in [-0.1, -0.05) is 30.9 Å². The molecular weight excluding hydrogens is 549 g/mol. The second kappa shape index (κ2) is 9.41. The predicted octanol–water partition coefficient (Wildman–Crippen LogP) is 7.25. The number of rotatable bonds is 3. The fourth-order valence-electron chi connectivity index (χ4n) is 7.42. The van der Waals surface area contributed by atoms with Gasteiger partial charge in [0.1, 0.15) is 17.3 Å². The molecular formula is C29H29ClF5N5. The van der Waals surface area contributed by atoms with Crippen molar-refractivity contribution in [2.24, 2.45) is 5.41 Å². The summed E-state index contributed by atoms with van der Waals surface area (Å²) in [5.74, 6) is -0.657. The highest BCUT2D eigenvalue weighted by atomic mass is 35.5. The number of hydrogen-bond acceptors (Lipinski definition) is 4. The molecule has 11 heteroatoms. The molecule has 40 heavy (non-hydrogen) atoms. The average molecular weight is 578 g/mol. The number of anilines is 1. The summed E-state index contributed by atoms with van der Waals surface area (Å²) < 4.78 is 70.9. The fraction of sp³-hybridized carbons (Fsp3) is 0.517. The summed E-state index contributed by atoms with van der Waals surface area (Å²) >= 11 is 6.41. The topological polar surface area (TPSA) is 37.2 Å². The van der Waals surface area contributed by atoms with Crippen molar-refractivity contribution >= 4 is 17.3 Å². The van der Waals surface area contributed by atoms with Gasteiger partial charge in [-0.15, -0.1) is 10.2 Å². The van der Waals surface area contributed by atoms with Gasteiger partial charge in [0.15, 0.2) is 11.6 Å². The molecule has 0 bridgehead atoms. The summed E-state index contributed by atoms with van der Waals surface area (Å²) in [6.45, 7) is 2.10. The first-order chi connectivity index (χ1) is 19.1. The third-order valence-corrected chi connectivity index (χ3v) is 9.55. The maximum Gasteiger partial charge on any atom is 0.419 e. The molecule has 3 fully saturated rings. The number of aromatic nitrogens is 3. The van der Waals surface area contributed by atoms with Gasteiger partial charge in [0, 0.05) is 42.0 Å². The highest BCUT2D eigenvalue weighted by molar-refractivity contribution is 6.30. The van der Waals surface area contributed by atoms with Crippen molar-refractivity contribution < 1.29 is 22.0 Å². The van der Waals surface area contributed by atoms with Crippen LogP contribution in [0.25, 0.3) is 5.69 Å². The van der Waals surface area contributed by atoms with Gasteiger partial charge in [-0.05, 0) is 61.6 Å². The lowest BCUT2D eigenvalue weighted by atomic mass is 9.57. The van der Waals surface area contributed by atoms with E-state index >= 15 is 0 Å². The maximum absolute atomic E-state index is 14.7. The van der Waals surface area contributed by atoms with Gasteiger partial charge < -0.3 is 4.90 Å². The Hall–Kier alpha value is -2.72. The number of benzene rings is 2. The molecule has 0 atom stereocenters. The van der Waals surface area contributed by atoms with E-state index in [1.165, 1.54) is 37.0 Å². The van der Waals surface area contributed by atoms with E-state index in [2.05, 4.69) is 19.7 Å². The van der Waals surface area contributed by atoms with E-state index in [9.17, 15) is 22.0 Å². The summed E-state index contributed by atoms with van der Waals surface area (Å²) in [6, 6.07) is 7.58. The Bertz CT molecular complexity index is 1450. The molecule has 3 heterocycles. The summed E-state index contributed by atoms with van der Waals surface area (Å²) in [4.78, 5) is 3.88. The van der Waals surface area contributed by atoms with Crippen LogP contribution in [0, 0.1) is 17.0 Å². The lowest BCUT2D eigenvalue weighted by Gasteiger charge is -2.59. The summed E-state index contributed by atoms with van der Waals surface area (Å²) in [5.41, 5.74) is -0.0668. The van der Waals surface area contributed by atoms with E-state index in [-0.39, 0.29) is 11.3 Å². The molecule has 1 aromatic heterocycles. The molecule has 0 N–H and O–H groups in total. The molecule has 4 aliphatic rings. The molecule has 0 unspecified atom stereocenters. The minimum Gasteiger partial charge on any atom is -0.366 e. The van der Waals surface area contributed by atoms with Crippen molar-refractivity contribution in [2.45, 2.75) is 76.2 Å². The third kappa shape index (κ3) is 4.29. The zero-order chi connectivity index (χ0) is 27.8. The molecule has 1 saturated heterocycles. The minimum absolute atomic E-state index is 0.101. The van der Waals surface area contributed by atoms with E-state index in [0.29, 0.717) is 42.8 Å². The van der Waals surface area contributed by atoms with Crippen LogP contribution in [-0.4, -0.2) is 38.8 Å². The highest BCUT2D eigenvalue weighted by Crippen LogP contribution is 2.57. The van der Waals surface area contributed by atoms with Crippen LogP contribution < -0.4 is 4.90 Å². The van der Waals surface area contributed by atoms with Crippen LogP contribution in [0.5, 0.6) is 0 Å². The van der Waals surface area contributed by atoms with Gasteiger partial charge in [-0.2, -0.15) is 13.2 Å². The Balaban J connectivity index is 1.12. The summed E-state index contributed by atoms with van der Waals surface area (Å²) in [7, 11) is 0. The van der Waals surface area contributed by atoms with E-state index in [4.69, 9.17) is 11.6 Å². The number of fused-ring (bicyclic) bond motifs is 3. The molecule has 2 aliphatic carbocycles. The first-order valence-electron chi connectivity index (χ1n) is 13.9. The van der Waals surface area contributed by atoms with Crippen LogP contribution in [0.2, 0.25) is 5.02 Å². The van der Waals surface area contributed by atoms with Gasteiger partial charge >= 0.3 is 6.18 Å². The Morgan fingerprint density at radius 3 is 2.40 bits per heavy atom. The average Bonchev–Trinajstić information content (AvgIpc) is 3.18. The van der Waals surface area contributed by atoms with E-state index in [1.807, 2.05) is 18.2 Å². The smallest absolute Gasteiger partial charge is 0.366 e. The predicted molar refractivity (Wildman–Crippen MR) is 140 cm³/mol. The normalized spacial score (nSPS) is 21.5. The van der Waals surface area contributed by atoms with Crippen molar-refractivity contribution in [3.8, 4) is 5.69 Å². The van der Waals surface area contributed by atoms with Gasteiger partial charge in [-0.25, -0.2) is 8.78 Å². The Morgan fingerprint density at radius 2 is 1.68 bits per heavy atom. The summed E-state index contributed by atoms with van der Waals surface area (Å²) in [5, 5.41) is 9.93. The van der Waals surface area contributed by atoms with E-state index in [1.54, 1.807) is 0 Å². The Morgan fingerprint density at radius 1 is 0.925 bits per heavy atom. The molecule has 0 amide bonds. The van der Waals surface area contributed by atoms with Crippen molar-refractivity contribution in [1.82, 2.24) is 19.7 Å². The number of nitrogens with zero attached hydrogens (tertiary/aromatic N) is 5. The Kier molecular flexibility index (Phi) is 6.16. The zero-order valence-electron chi connectivity index (χ0n) is 21.8. The molecule has 3 aromatic rings. The Labute approximate surface area is 233 Å². The largest absolute Gasteiger partial charge is 0.419 e. The zero-order valence-corrected chi connectivity index (χ0v) is 22.6. The first-order valence-corrected chi connectivity index (χ1v) is 14.3. The van der Waals surface area contributed by atoms with Gasteiger partial charge in [0.2, 0.25) is 0 Å². The first kappa shape index (κ1) is 26.2. The van der Waals surface area contributed by atoms with Crippen molar-refractivity contribution in [3.63, 3.8) is 0 Å². The number of hydrogen-bond donors (Lipinski definition) is 0. The highest BCUT2D eigenvalue weighted by Gasteiger charge is 2.55. The standard InChI is InChI=1S/C29H29ClF5N5/c30-19-6-9-23-17(10-19)13-38(20-4-2-1-3-5-20)14-24-36-37-27(40(23)24)18-11-28(12-18)15-39(16-28)26-22(31)8-7-21(25(26)32)29(33,34)35/h6-10,18,20H,1-5,11-16H2. The monoisotopic (exact) mass is 577 g/mol. The van der Waals surface area contributed by atoms with Crippen molar-refractivity contribution in [3.05, 3.63) is 69.8 Å². The molecule has 212 valence electrons. The van der Waals surface area contributed by atoms with Crippen LogP contribution in [0.1, 0.15) is 73.6 Å². The van der Waals surface area contributed by atoms with Crippen molar-refractivity contribution in [1.29, 1.82) is 0 Å². The lowest BCUT2D eigenvalue weighted by molar-refractivity contribution is -0.140. The second-order valence-electron chi connectivity index (χ2n) is 12.0. The SMILES string of the molecule is Fc1ccc(C(F)(F)F)c(F)c1N1CC2(CC(c3nnc4n3-c3ccc(Cl)cc3CN(C3CCCCC3)C4)C2)C1. The van der Waals surface area contributed by atoms with E-state index < -0.39 is 29.1 Å². The second-order valence-corrected chi connectivity index (χ2v) is 12.4. The molecule has 2 aliphatic heterocycles. The van der Waals surface area contributed by atoms with Crippen molar-refractivity contribution in [2.75, 3.05) is 18.0 Å². The summed E-state index contributed by atoms with van der Waals surface area (Å²) in [6.07, 6.45) is 2.68. The van der Waals surface area contributed by atoms with Crippen LogP contribution in [-0.2, 0) is 19.3 Å². The van der Waals surface area contributed by atoms with Gasteiger partial charge in [-0.3, -0.25) is 9.47 Å². The third-order valence-electron chi connectivity index (χ3n) is 9.31. The quantitative estimate of drug-likeness (QED) is 0.307. The van der Waals surface area contributed by atoms with Gasteiger partial charge in [0.25, 0.3) is 0 Å².